The fourth-order valence-electron chi connectivity index (χ4n) is 2.78. The van der Waals surface area contributed by atoms with Crippen molar-refractivity contribution in [3.05, 3.63) is 60.5 Å². The number of nitrogens with one attached hydrogen (secondary N) is 1. The van der Waals surface area contributed by atoms with E-state index in [9.17, 15) is 4.79 Å². The molecule has 140 valence electrons. The fraction of sp³-hybridized carbons (Fsp3) is 0.238. The van der Waals surface area contributed by atoms with Gasteiger partial charge in [-0.25, -0.2) is 4.98 Å². The molecule has 27 heavy (non-hydrogen) atoms. The predicted octanol–water partition coefficient (Wildman–Crippen LogP) is 4.34. The number of thioether (sulfide) groups is 1. The predicted molar refractivity (Wildman–Crippen MR) is 112 cm³/mol. The number of hydrogen-bond acceptors (Lipinski definition) is 5. The Morgan fingerprint density at radius 2 is 1.96 bits per heavy atom. The Hall–Kier alpha value is -2.57. The molecule has 6 heteroatoms. The summed E-state index contributed by atoms with van der Waals surface area (Å²) >= 11 is 1.68. The Kier molecular flexibility index (Phi) is 6.32. The van der Waals surface area contributed by atoms with Gasteiger partial charge in [0.1, 0.15) is 6.26 Å². The molecule has 1 amide bonds. The van der Waals surface area contributed by atoms with E-state index in [2.05, 4.69) is 29.4 Å². The second-order valence-electron chi connectivity index (χ2n) is 6.32. The van der Waals surface area contributed by atoms with Crippen LogP contribution >= 0.6 is 11.8 Å². The second kappa shape index (κ2) is 8.88. The van der Waals surface area contributed by atoms with Crippen molar-refractivity contribution in [1.82, 2.24) is 4.98 Å². The van der Waals surface area contributed by atoms with Gasteiger partial charge in [-0.05, 0) is 66.3 Å². The molecule has 5 nitrogen and oxygen atoms in total. The van der Waals surface area contributed by atoms with Gasteiger partial charge in [-0.3, -0.25) is 4.79 Å². The Bertz CT molecular complexity index is 892. The molecule has 3 rings (SSSR count). The van der Waals surface area contributed by atoms with Crippen molar-refractivity contribution in [2.45, 2.75) is 19.4 Å². The topological polar surface area (TPSA) is 81.2 Å². The minimum atomic E-state index is -0.489. The van der Waals surface area contributed by atoms with Crippen LogP contribution in [-0.4, -0.2) is 28.9 Å². The maximum absolute atomic E-state index is 12.1. The SMILES string of the molecule is CSCCC(N)C(=O)Nc1ccc(-c2cc(-c3ncco3)ccc2C)cc1. The molecule has 0 fully saturated rings. The van der Waals surface area contributed by atoms with E-state index in [0.717, 1.165) is 33.7 Å². The zero-order chi connectivity index (χ0) is 19.2. The van der Waals surface area contributed by atoms with Crippen molar-refractivity contribution in [3.63, 3.8) is 0 Å². The molecule has 0 saturated heterocycles. The van der Waals surface area contributed by atoms with Crippen LogP contribution in [0.1, 0.15) is 12.0 Å². The lowest BCUT2D eigenvalue weighted by Crippen LogP contribution is -2.36. The summed E-state index contributed by atoms with van der Waals surface area (Å²) in [5, 5.41) is 2.88. The Morgan fingerprint density at radius 1 is 1.22 bits per heavy atom. The van der Waals surface area contributed by atoms with Crippen molar-refractivity contribution < 1.29 is 9.21 Å². The summed E-state index contributed by atoms with van der Waals surface area (Å²) in [4.78, 5) is 16.3. The number of oxazole rings is 1. The normalized spacial score (nSPS) is 12.0. The van der Waals surface area contributed by atoms with Gasteiger partial charge in [0, 0.05) is 11.3 Å². The molecule has 0 spiro atoms. The summed E-state index contributed by atoms with van der Waals surface area (Å²) < 4.78 is 5.39. The van der Waals surface area contributed by atoms with Crippen LogP contribution in [-0.2, 0) is 4.79 Å². The highest BCUT2D eigenvalue weighted by atomic mass is 32.2. The highest BCUT2D eigenvalue weighted by molar-refractivity contribution is 7.98. The van der Waals surface area contributed by atoms with Crippen molar-refractivity contribution in [2.75, 3.05) is 17.3 Å². The van der Waals surface area contributed by atoms with Gasteiger partial charge in [-0.15, -0.1) is 0 Å². The quantitative estimate of drug-likeness (QED) is 0.636. The Morgan fingerprint density at radius 3 is 2.63 bits per heavy atom. The third kappa shape index (κ3) is 4.78. The number of benzene rings is 2. The molecule has 1 unspecified atom stereocenters. The zero-order valence-corrected chi connectivity index (χ0v) is 16.3. The van der Waals surface area contributed by atoms with E-state index in [4.69, 9.17) is 10.2 Å². The number of carbonyl (C=O) groups is 1. The van der Waals surface area contributed by atoms with E-state index in [1.165, 1.54) is 0 Å². The van der Waals surface area contributed by atoms with E-state index < -0.39 is 6.04 Å². The minimum absolute atomic E-state index is 0.154. The third-order valence-corrected chi connectivity index (χ3v) is 4.99. The summed E-state index contributed by atoms with van der Waals surface area (Å²) in [6, 6.07) is 13.4. The van der Waals surface area contributed by atoms with Crippen LogP contribution in [0.5, 0.6) is 0 Å². The van der Waals surface area contributed by atoms with Crippen molar-refractivity contribution >= 4 is 23.4 Å². The number of rotatable bonds is 7. The van der Waals surface area contributed by atoms with Crippen molar-refractivity contribution in [1.29, 1.82) is 0 Å². The van der Waals surface area contributed by atoms with Crippen molar-refractivity contribution in [3.8, 4) is 22.6 Å². The molecule has 0 bridgehead atoms. The third-order valence-electron chi connectivity index (χ3n) is 4.35. The number of amides is 1. The fourth-order valence-corrected chi connectivity index (χ4v) is 3.27. The van der Waals surface area contributed by atoms with Crippen LogP contribution in [0.2, 0.25) is 0 Å². The van der Waals surface area contributed by atoms with Gasteiger partial charge in [0.15, 0.2) is 0 Å². The first kappa shape index (κ1) is 19.2. The van der Waals surface area contributed by atoms with Gasteiger partial charge in [0.2, 0.25) is 11.8 Å². The highest BCUT2D eigenvalue weighted by Gasteiger charge is 2.13. The first-order valence-electron chi connectivity index (χ1n) is 8.75. The van der Waals surface area contributed by atoms with E-state index >= 15 is 0 Å². The molecule has 0 aliphatic heterocycles. The average Bonchev–Trinajstić information content (AvgIpc) is 3.22. The number of nitrogens with zero attached hydrogens (tertiary/aromatic N) is 1. The molecule has 2 aromatic carbocycles. The highest BCUT2D eigenvalue weighted by Crippen LogP contribution is 2.29. The van der Waals surface area contributed by atoms with Crippen LogP contribution in [0.25, 0.3) is 22.6 Å². The van der Waals surface area contributed by atoms with E-state index in [-0.39, 0.29) is 5.91 Å². The molecule has 1 heterocycles. The van der Waals surface area contributed by atoms with E-state index in [1.807, 2.05) is 36.6 Å². The van der Waals surface area contributed by atoms with Gasteiger partial charge in [-0.1, -0.05) is 18.2 Å². The molecular weight excluding hydrogens is 358 g/mol. The first-order chi connectivity index (χ1) is 13.1. The summed E-state index contributed by atoms with van der Waals surface area (Å²) in [5.41, 5.74) is 10.9. The number of nitrogens with two attached hydrogens (primary N) is 1. The van der Waals surface area contributed by atoms with E-state index in [1.54, 1.807) is 24.2 Å². The van der Waals surface area contributed by atoms with Gasteiger partial charge >= 0.3 is 0 Å². The van der Waals surface area contributed by atoms with Crippen LogP contribution < -0.4 is 11.1 Å². The lowest BCUT2D eigenvalue weighted by atomic mass is 9.98. The van der Waals surface area contributed by atoms with Gasteiger partial charge in [0.05, 0.1) is 12.2 Å². The molecule has 0 saturated carbocycles. The lowest BCUT2D eigenvalue weighted by Gasteiger charge is -2.13. The number of hydrogen-bond donors (Lipinski definition) is 2. The van der Waals surface area contributed by atoms with Crippen molar-refractivity contribution in [2.24, 2.45) is 5.73 Å². The first-order valence-corrected chi connectivity index (χ1v) is 10.1. The smallest absolute Gasteiger partial charge is 0.241 e. The number of anilines is 1. The largest absolute Gasteiger partial charge is 0.445 e. The monoisotopic (exact) mass is 381 g/mol. The standard InChI is InChI=1S/C21H23N3O2S/c1-14-3-4-16(21-23-10-11-26-21)13-18(14)15-5-7-17(8-6-15)24-20(25)19(22)9-12-27-2/h3-8,10-11,13,19H,9,12,22H2,1-2H3,(H,24,25). The summed E-state index contributed by atoms with van der Waals surface area (Å²) in [6.45, 7) is 2.06. The number of aryl methyl sites for hydroxylation is 1. The average molecular weight is 382 g/mol. The molecule has 1 aromatic heterocycles. The van der Waals surface area contributed by atoms with Gasteiger partial charge < -0.3 is 15.5 Å². The van der Waals surface area contributed by atoms with E-state index in [0.29, 0.717) is 12.3 Å². The molecule has 3 N–H and O–H groups in total. The van der Waals surface area contributed by atoms with Gasteiger partial charge in [0.25, 0.3) is 0 Å². The summed E-state index contributed by atoms with van der Waals surface area (Å²) in [5.74, 6) is 1.31. The van der Waals surface area contributed by atoms with Crippen LogP contribution in [0.3, 0.4) is 0 Å². The van der Waals surface area contributed by atoms with Crippen LogP contribution in [0.4, 0.5) is 5.69 Å². The molecule has 0 aliphatic rings. The van der Waals surface area contributed by atoms with Gasteiger partial charge in [-0.2, -0.15) is 11.8 Å². The summed E-state index contributed by atoms with van der Waals surface area (Å²) in [6.07, 6.45) is 5.87. The molecule has 1 atom stereocenters. The molecule has 0 aliphatic carbocycles. The zero-order valence-electron chi connectivity index (χ0n) is 15.4. The second-order valence-corrected chi connectivity index (χ2v) is 7.31. The Labute approximate surface area is 163 Å². The lowest BCUT2D eigenvalue weighted by molar-refractivity contribution is -0.117. The molecule has 0 radical (unpaired) electrons. The Balaban J connectivity index is 1.76. The summed E-state index contributed by atoms with van der Waals surface area (Å²) in [7, 11) is 0. The van der Waals surface area contributed by atoms with Crippen LogP contribution in [0, 0.1) is 6.92 Å². The number of carbonyl (C=O) groups excluding carboxylic acids is 1. The maximum Gasteiger partial charge on any atom is 0.241 e. The molecular formula is C21H23N3O2S. The van der Waals surface area contributed by atoms with Crippen LogP contribution in [0.15, 0.2) is 59.3 Å². The minimum Gasteiger partial charge on any atom is -0.445 e. The number of aromatic nitrogens is 1. The molecule has 3 aromatic rings. The maximum atomic E-state index is 12.1.